The molecule has 0 saturated heterocycles. The van der Waals surface area contributed by atoms with Gasteiger partial charge in [-0.15, -0.1) is 0 Å². The van der Waals surface area contributed by atoms with Crippen LogP contribution in [-0.2, 0) is 4.74 Å². The van der Waals surface area contributed by atoms with Gasteiger partial charge in [0.15, 0.2) is 0 Å². The number of nitrogens with two attached hydrogens (primary N) is 1. The first-order valence-electron chi connectivity index (χ1n) is 5.65. The zero-order chi connectivity index (χ0) is 13.7. The SMILES string of the molecule is CCOC(=O)c1cc(N)cnc1Nc1cncnc1. The van der Waals surface area contributed by atoms with E-state index >= 15 is 0 Å². The van der Waals surface area contributed by atoms with Crippen molar-refractivity contribution in [2.45, 2.75) is 6.92 Å². The summed E-state index contributed by atoms with van der Waals surface area (Å²) >= 11 is 0. The Hall–Kier alpha value is -2.70. The van der Waals surface area contributed by atoms with Crippen molar-refractivity contribution in [2.24, 2.45) is 0 Å². The van der Waals surface area contributed by atoms with Crippen molar-refractivity contribution in [3.63, 3.8) is 0 Å². The Kier molecular flexibility index (Phi) is 3.87. The second-order valence-corrected chi connectivity index (χ2v) is 3.64. The number of hydrogen-bond acceptors (Lipinski definition) is 7. The lowest BCUT2D eigenvalue weighted by Gasteiger charge is -2.10. The number of pyridine rings is 1. The van der Waals surface area contributed by atoms with Crippen LogP contribution in [0.2, 0.25) is 0 Å². The van der Waals surface area contributed by atoms with Crippen LogP contribution < -0.4 is 11.1 Å². The van der Waals surface area contributed by atoms with Gasteiger partial charge in [0, 0.05) is 0 Å². The average molecular weight is 259 g/mol. The minimum atomic E-state index is -0.485. The number of esters is 1. The van der Waals surface area contributed by atoms with Crippen LogP contribution in [0.3, 0.4) is 0 Å². The van der Waals surface area contributed by atoms with Crippen molar-refractivity contribution in [3.8, 4) is 0 Å². The van der Waals surface area contributed by atoms with Crippen LogP contribution >= 0.6 is 0 Å². The van der Waals surface area contributed by atoms with Crippen LogP contribution in [0.5, 0.6) is 0 Å². The molecule has 0 saturated carbocycles. The Labute approximate surface area is 109 Å². The maximum Gasteiger partial charge on any atom is 0.341 e. The van der Waals surface area contributed by atoms with Crippen molar-refractivity contribution in [3.05, 3.63) is 36.5 Å². The molecule has 0 aliphatic carbocycles. The molecule has 0 aromatic carbocycles. The second kappa shape index (κ2) is 5.76. The van der Waals surface area contributed by atoms with Gasteiger partial charge in [-0.2, -0.15) is 0 Å². The first kappa shape index (κ1) is 12.7. The summed E-state index contributed by atoms with van der Waals surface area (Å²) in [5, 5.41) is 2.95. The van der Waals surface area contributed by atoms with Gasteiger partial charge in [0.1, 0.15) is 17.7 Å². The van der Waals surface area contributed by atoms with Gasteiger partial charge in [-0.3, -0.25) is 0 Å². The van der Waals surface area contributed by atoms with Gasteiger partial charge < -0.3 is 15.8 Å². The van der Waals surface area contributed by atoms with E-state index < -0.39 is 5.97 Å². The van der Waals surface area contributed by atoms with E-state index in [2.05, 4.69) is 20.3 Å². The van der Waals surface area contributed by atoms with Crippen molar-refractivity contribution < 1.29 is 9.53 Å². The zero-order valence-corrected chi connectivity index (χ0v) is 10.3. The standard InChI is InChI=1S/C12H13N5O2/c1-2-19-12(18)10-3-8(13)4-16-11(10)17-9-5-14-7-15-6-9/h3-7H,2,13H2,1H3,(H,16,17). The molecule has 2 rings (SSSR count). The fourth-order valence-corrected chi connectivity index (χ4v) is 1.45. The number of nitrogens with one attached hydrogen (secondary N) is 1. The molecule has 2 heterocycles. The largest absolute Gasteiger partial charge is 0.462 e. The summed E-state index contributed by atoms with van der Waals surface area (Å²) in [7, 11) is 0. The van der Waals surface area contributed by atoms with E-state index in [1.165, 1.54) is 18.6 Å². The van der Waals surface area contributed by atoms with Crippen LogP contribution in [-0.4, -0.2) is 27.5 Å². The molecule has 3 N–H and O–H groups in total. The third-order valence-corrected chi connectivity index (χ3v) is 2.23. The lowest BCUT2D eigenvalue weighted by atomic mass is 10.2. The number of carbonyl (C=O) groups excluding carboxylic acids is 1. The molecule has 0 radical (unpaired) electrons. The molecule has 7 nitrogen and oxygen atoms in total. The van der Waals surface area contributed by atoms with E-state index in [9.17, 15) is 4.79 Å². The number of ether oxygens (including phenoxy) is 1. The number of nitrogen functional groups attached to an aromatic ring is 1. The van der Waals surface area contributed by atoms with Gasteiger partial charge >= 0.3 is 5.97 Å². The van der Waals surface area contributed by atoms with Crippen LogP contribution in [0.15, 0.2) is 31.0 Å². The Balaban J connectivity index is 2.32. The van der Waals surface area contributed by atoms with Crippen molar-refractivity contribution in [1.29, 1.82) is 0 Å². The maximum absolute atomic E-state index is 11.8. The van der Waals surface area contributed by atoms with Crippen molar-refractivity contribution in [1.82, 2.24) is 15.0 Å². The van der Waals surface area contributed by atoms with E-state index in [4.69, 9.17) is 10.5 Å². The van der Waals surface area contributed by atoms with E-state index in [1.807, 2.05) is 0 Å². The highest BCUT2D eigenvalue weighted by atomic mass is 16.5. The summed E-state index contributed by atoms with van der Waals surface area (Å²) in [6.07, 6.45) is 6.00. The maximum atomic E-state index is 11.8. The van der Waals surface area contributed by atoms with Crippen molar-refractivity contribution in [2.75, 3.05) is 17.7 Å². The first-order valence-corrected chi connectivity index (χ1v) is 5.65. The highest BCUT2D eigenvalue weighted by Crippen LogP contribution is 2.20. The molecular weight excluding hydrogens is 246 g/mol. The Morgan fingerprint density at radius 1 is 1.37 bits per heavy atom. The van der Waals surface area contributed by atoms with Gasteiger partial charge in [0.2, 0.25) is 0 Å². The number of nitrogens with zero attached hydrogens (tertiary/aromatic N) is 3. The predicted octanol–water partition coefficient (Wildman–Crippen LogP) is 1.37. The highest BCUT2D eigenvalue weighted by molar-refractivity contribution is 5.96. The lowest BCUT2D eigenvalue weighted by Crippen LogP contribution is -2.10. The van der Waals surface area contributed by atoms with Gasteiger partial charge in [-0.1, -0.05) is 0 Å². The Morgan fingerprint density at radius 2 is 2.11 bits per heavy atom. The summed E-state index contributed by atoms with van der Waals surface area (Å²) < 4.78 is 4.96. The van der Waals surface area contributed by atoms with Crippen LogP contribution in [0, 0.1) is 0 Å². The van der Waals surface area contributed by atoms with Gasteiger partial charge in [0.05, 0.1) is 36.6 Å². The molecule has 98 valence electrons. The van der Waals surface area contributed by atoms with Gasteiger partial charge in [-0.25, -0.2) is 19.7 Å². The summed E-state index contributed by atoms with van der Waals surface area (Å²) in [6, 6.07) is 1.51. The molecule has 0 spiro atoms. The van der Waals surface area contributed by atoms with Crippen LogP contribution in [0.1, 0.15) is 17.3 Å². The summed E-state index contributed by atoms with van der Waals surface area (Å²) in [4.78, 5) is 23.6. The number of aromatic nitrogens is 3. The smallest absolute Gasteiger partial charge is 0.341 e. The predicted molar refractivity (Wildman–Crippen MR) is 69.9 cm³/mol. The number of rotatable bonds is 4. The van der Waals surface area contributed by atoms with E-state index in [1.54, 1.807) is 19.3 Å². The fraction of sp³-hybridized carbons (Fsp3) is 0.167. The first-order chi connectivity index (χ1) is 9.20. The Bertz CT molecular complexity index is 574. The zero-order valence-electron chi connectivity index (χ0n) is 10.3. The third-order valence-electron chi connectivity index (χ3n) is 2.23. The fourth-order valence-electron chi connectivity index (χ4n) is 1.45. The third kappa shape index (κ3) is 3.15. The molecular formula is C12H13N5O2. The Morgan fingerprint density at radius 3 is 2.79 bits per heavy atom. The topological polar surface area (TPSA) is 103 Å². The molecule has 0 bridgehead atoms. The normalized spacial score (nSPS) is 9.95. The molecule has 0 aliphatic heterocycles. The van der Waals surface area contributed by atoms with Crippen molar-refractivity contribution >= 4 is 23.2 Å². The number of hydrogen-bond donors (Lipinski definition) is 2. The molecule has 0 amide bonds. The lowest BCUT2D eigenvalue weighted by molar-refractivity contribution is 0.0527. The number of anilines is 3. The van der Waals surface area contributed by atoms with Crippen LogP contribution in [0.4, 0.5) is 17.2 Å². The molecule has 0 unspecified atom stereocenters. The van der Waals surface area contributed by atoms with Crippen LogP contribution in [0.25, 0.3) is 0 Å². The van der Waals surface area contributed by atoms with E-state index in [-0.39, 0.29) is 12.2 Å². The van der Waals surface area contributed by atoms with E-state index in [0.717, 1.165) is 0 Å². The summed E-state index contributed by atoms with van der Waals surface area (Å²) in [5.41, 5.74) is 6.90. The molecule has 2 aromatic heterocycles. The van der Waals surface area contributed by atoms with Gasteiger partial charge in [-0.05, 0) is 13.0 Å². The average Bonchev–Trinajstić information content (AvgIpc) is 2.42. The minimum absolute atomic E-state index is 0.269. The number of carbonyl (C=O) groups is 1. The second-order valence-electron chi connectivity index (χ2n) is 3.64. The highest BCUT2D eigenvalue weighted by Gasteiger charge is 2.14. The molecule has 0 fully saturated rings. The van der Waals surface area contributed by atoms with E-state index in [0.29, 0.717) is 17.2 Å². The molecule has 2 aromatic rings. The molecule has 0 aliphatic rings. The summed E-state index contributed by atoms with van der Waals surface area (Å²) in [5.74, 6) is -0.135. The summed E-state index contributed by atoms with van der Waals surface area (Å²) in [6.45, 7) is 2.01. The molecule has 19 heavy (non-hydrogen) atoms. The monoisotopic (exact) mass is 259 g/mol. The quantitative estimate of drug-likeness (QED) is 0.799. The molecule has 7 heteroatoms. The van der Waals surface area contributed by atoms with Gasteiger partial charge in [0.25, 0.3) is 0 Å². The minimum Gasteiger partial charge on any atom is -0.462 e. The molecule has 0 atom stereocenters.